The van der Waals surface area contributed by atoms with E-state index in [4.69, 9.17) is 11.3 Å². The van der Waals surface area contributed by atoms with Gasteiger partial charge in [0.25, 0.3) is 0 Å². The monoisotopic (exact) mass is 432 g/mol. The minimum Gasteiger partial charge on any atom is -0.497 e. The Morgan fingerprint density at radius 3 is 1.84 bits per heavy atom. The lowest BCUT2D eigenvalue weighted by atomic mass is 9.94. The van der Waals surface area contributed by atoms with Crippen molar-refractivity contribution in [1.82, 2.24) is 5.09 Å². The zero-order chi connectivity index (χ0) is 22.3. The predicted molar refractivity (Wildman–Crippen MR) is 128 cm³/mol. The highest BCUT2D eigenvalue weighted by Gasteiger charge is 2.34. The lowest BCUT2D eigenvalue weighted by Crippen LogP contribution is -2.39. The van der Waals surface area contributed by atoms with E-state index in [1.165, 1.54) is 0 Å². The van der Waals surface area contributed by atoms with Crippen molar-refractivity contribution in [3.63, 3.8) is 0 Å². The second-order valence-electron chi connectivity index (χ2n) is 7.91. The summed E-state index contributed by atoms with van der Waals surface area (Å²) < 4.78 is 19.7. The average molecular weight is 433 g/mol. The first kappa shape index (κ1) is 22.8. The van der Waals surface area contributed by atoms with Crippen molar-refractivity contribution in [2.75, 3.05) is 7.11 Å². The molecule has 0 saturated heterocycles. The van der Waals surface area contributed by atoms with Gasteiger partial charge in [-0.05, 0) is 54.4 Å². The fourth-order valence-corrected chi connectivity index (χ4v) is 6.26. The number of nitrogens with zero attached hydrogens (tertiary/aromatic N) is 1. The van der Waals surface area contributed by atoms with E-state index in [1.807, 2.05) is 84.9 Å². The Balaban J connectivity index is 1.93. The van der Waals surface area contributed by atoms with Crippen molar-refractivity contribution in [2.24, 2.45) is 5.92 Å². The first-order valence-corrected chi connectivity index (χ1v) is 12.2. The van der Waals surface area contributed by atoms with Crippen molar-refractivity contribution in [2.45, 2.75) is 32.4 Å². The maximum absolute atomic E-state index is 14.4. The Labute approximate surface area is 185 Å². The summed E-state index contributed by atoms with van der Waals surface area (Å²) in [6.07, 6.45) is 0.567. The van der Waals surface area contributed by atoms with E-state index >= 15 is 0 Å². The summed E-state index contributed by atoms with van der Waals surface area (Å²) in [5.74, 6) is 0.965. The van der Waals surface area contributed by atoms with Crippen molar-refractivity contribution in [3.05, 3.63) is 102 Å². The summed E-state index contributed by atoms with van der Waals surface area (Å²) in [6.45, 7) is 12.0. The third-order valence-corrected chi connectivity index (χ3v) is 8.27. The molecule has 4 nitrogen and oxygen atoms in total. The SMILES string of the molecule is [C-]#[N+][C@H](C[C@H](NP(=O)(c1ccccc1)c1ccccc1)C(C)C)c1ccc(OC)cc1. The number of hydrogen-bond acceptors (Lipinski definition) is 2. The van der Waals surface area contributed by atoms with Crippen LogP contribution in [0.25, 0.3) is 4.85 Å². The molecule has 0 spiro atoms. The van der Waals surface area contributed by atoms with Crippen molar-refractivity contribution in [3.8, 4) is 5.75 Å². The lowest BCUT2D eigenvalue weighted by Gasteiger charge is -2.29. The van der Waals surface area contributed by atoms with Crippen molar-refractivity contribution >= 4 is 17.9 Å². The van der Waals surface area contributed by atoms with Crippen LogP contribution >= 0.6 is 7.29 Å². The van der Waals surface area contributed by atoms with Gasteiger partial charge in [-0.25, -0.2) is 6.57 Å². The van der Waals surface area contributed by atoms with E-state index in [9.17, 15) is 4.57 Å². The molecule has 3 aromatic carbocycles. The van der Waals surface area contributed by atoms with Crippen molar-refractivity contribution in [1.29, 1.82) is 0 Å². The fraction of sp³-hybridized carbons (Fsp3) is 0.269. The Morgan fingerprint density at radius 1 is 0.903 bits per heavy atom. The summed E-state index contributed by atoms with van der Waals surface area (Å²) in [4.78, 5) is 3.89. The van der Waals surface area contributed by atoms with Gasteiger partial charge >= 0.3 is 0 Å². The number of benzene rings is 3. The topological polar surface area (TPSA) is 42.7 Å². The quantitative estimate of drug-likeness (QED) is 0.354. The van der Waals surface area contributed by atoms with Gasteiger partial charge in [0.05, 0.1) is 7.11 Å². The molecule has 0 aliphatic rings. The van der Waals surface area contributed by atoms with E-state index in [-0.39, 0.29) is 18.0 Å². The normalized spacial score (nSPS) is 13.4. The van der Waals surface area contributed by atoms with Crippen LogP contribution in [0, 0.1) is 12.5 Å². The van der Waals surface area contributed by atoms with Gasteiger partial charge in [-0.2, -0.15) is 0 Å². The zero-order valence-electron chi connectivity index (χ0n) is 18.2. The first-order valence-electron chi connectivity index (χ1n) is 10.5. The molecule has 0 amide bonds. The molecule has 3 aromatic rings. The van der Waals surface area contributed by atoms with Gasteiger partial charge < -0.3 is 9.58 Å². The molecular formula is C26H29N2O2P. The fourth-order valence-electron chi connectivity index (χ4n) is 3.61. The summed E-state index contributed by atoms with van der Waals surface area (Å²) in [5.41, 5.74) is 0.942. The standard InChI is InChI=1S/C26H29N2O2P/c1-20(2)25(19-26(27-3)21-15-17-22(30-4)18-16-21)28-31(29,23-11-7-5-8-12-23)24-13-9-6-10-14-24/h5-18,20,25-26H,19H2,1-2,4H3,(H,28,29)/t25-,26+/m0/s1. The maximum atomic E-state index is 14.4. The molecule has 3 rings (SSSR count). The van der Waals surface area contributed by atoms with Crippen molar-refractivity contribution < 1.29 is 9.30 Å². The molecule has 31 heavy (non-hydrogen) atoms. The van der Waals surface area contributed by atoms with Crippen LogP contribution in [-0.4, -0.2) is 13.2 Å². The second kappa shape index (κ2) is 10.4. The van der Waals surface area contributed by atoms with Gasteiger partial charge in [-0.15, -0.1) is 0 Å². The lowest BCUT2D eigenvalue weighted by molar-refractivity contribution is 0.410. The van der Waals surface area contributed by atoms with E-state index in [2.05, 4.69) is 23.8 Å². The van der Waals surface area contributed by atoms with Gasteiger partial charge in [-0.1, -0.05) is 50.2 Å². The summed E-state index contributed by atoms with van der Waals surface area (Å²) in [6, 6.07) is 26.4. The number of methoxy groups -OCH3 is 1. The molecule has 0 bridgehead atoms. The summed E-state index contributed by atoms with van der Waals surface area (Å²) in [5, 5.41) is 5.05. The third-order valence-electron chi connectivity index (χ3n) is 5.53. The molecule has 0 radical (unpaired) electrons. The second-order valence-corrected chi connectivity index (χ2v) is 10.4. The molecule has 0 unspecified atom stereocenters. The smallest absolute Gasteiger partial charge is 0.250 e. The third kappa shape index (κ3) is 5.44. The first-order chi connectivity index (χ1) is 15.0. The Bertz CT molecular complexity index is 1000. The van der Waals surface area contributed by atoms with Gasteiger partial charge in [0.15, 0.2) is 0 Å². The molecule has 0 fully saturated rings. The van der Waals surface area contributed by atoms with Crippen LogP contribution in [-0.2, 0) is 4.57 Å². The van der Waals surface area contributed by atoms with Gasteiger partial charge in [-0.3, -0.25) is 9.65 Å². The molecule has 0 saturated carbocycles. The molecule has 1 N–H and O–H groups in total. The molecule has 5 heteroatoms. The number of hydrogen-bond donors (Lipinski definition) is 1. The van der Waals surface area contributed by atoms with Crippen LogP contribution in [0.15, 0.2) is 84.9 Å². The maximum Gasteiger partial charge on any atom is 0.250 e. The predicted octanol–water partition coefficient (Wildman–Crippen LogP) is 5.59. The number of nitrogens with one attached hydrogen (secondary N) is 1. The van der Waals surface area contributed by atoms with Gasteiger partial charge in [0, 0.05) is 28.6 Å². The van der Waals surface area contributed by atoms with E-state index in [1.54, 1.807) is 7.11 Å². The average Bonchev–Trinajstić information content (AvgIpc) is 2.82. The minimum atomic E-state index is -3.08. The molecule has 0 heterocycles. The highest BCUT2D eigenvalue weighted by molar-refractivity contribution is 7.76. The zero-order valence-corrected chi connectivity index (χ0v) is 19.1. The largest absolute Gasteiger partial charge is 0.497 e. The molecule has 0 aromatic heterocycles. The molecule has 0 aliphatic heterocycles. The number of rotatable bonds is 9. The van der Waals surface area contributed by atoms with Crippen LogP contribution in [0.1, 0.15) is 31.9 Å². The Kier molecular flexibility index (Phi) is 7.69. The van der Waals surface area contributed by atoms with Gasteiger partial charge in [0.2, 0.25) is 13.3 Å². The highest BCUT2D eigenvalue weighted by Crippen LogP contribution is 2.41. The Morgan fingerprint density at radius 2 is 1.42 bits per heavy atom. The molecular weight excluding hydrogens is 403 g/mol. The number of ether oxygens (including phenoxy) is 1. The Hall–Kier alpha value is -2.86. The molecule has 0 aliphatic carbocycles. The van der Waals surface area contributed by atoms with E-state index < -0.39 is 7.29 Å². The van der Waals surface area contributed by atoms with E-state index in [0.29, 0.717) is 6.42 Å². The van der Waals surface area contributed by atoms with E-state index in [0.717, 1.165) is 21.9 Å². The van der Waals surface area contributed by atoms with Crippen LogP contribution in [0.5, 0.6) is 5.75 Å². The molecule has 160 valence electrons. The van der Waals surface area contributed by atoms with Crippen LogP contribution < -0.4 is 20.4 Å². The molecule has 2 atom stereocenters. The van der Waals surface area contributed by atoms with Crippen LogP contribution in [0.4, 0.5) is 0 Å². The van der Waals surface area contributed by atoms with Crippen LogP contribution in [0.2, 0.25) is 0 Å². The van der Waals surface area contributed by atoms with Crippen LogP contribution in [0.3, 0.4) is 0 Å². The summed E-state index contributed by atoms with van der Waals surface area (Å²) >= 11 is 0. The summed E-state index contributed by atoms with van der Waals surface area (Å²) in [7, 11) is -1.45. The highest BCUT2D eigenvalue weighted by atomic mass is 31.2. The minimum absolute atomic E-state index is 0.104. The van der Waals surface area contributed by atoms with Gasteiger partial charge in [0.1, 0.15) is 5.75 Å².